The van der Waals surface area contributed by atoms with Crippen molar-refractivity contribution >= 4 is 38.9 Å². The van der Waals surface area contributed by atoms with Gasteiger partial charge in [-0.2, -0.15) is 4.31 Å². The van der Waals surface area contributed by atoms with Crippen LogP contribution in [0.3, 0.4) is 0 Å². The first-order valence-electron chi connectivity index (χ1n) is 4.23. The molecule has 0 saturated carbocycles. The Hall–Kier alpha value is 0.220. The molecule has 96 valence electrons. The topological polar surface area (TPSA) is 93.1 Å². The summed E-state index contributed by atoms with van der Waals surface area (Å²) in [4.78, 5) is 17.1. The average Bonchev–Trinajstić information content (AvgIpc) is 2.26. The van der Waals surface area contributed by atoms with E-state index in [4.69, 9.17) is 9.79 Å². The Labute approximate surface area is 108 Å². The van der Waals surface area contributed by atoms with E-state index in [0.29, 0.717) is 11.4 Å². The maximum Gasteiger partial charge on any atom is 0.477 e. The zero-order chi connectivity index (χ0) is 12.9. The van der Waals surface area contributed by atoms with Crippen LogP contribution in [0, 0.1) is 0 Å². The van der Waals surface area contributed by atoms with Crippen molar-refractivity contribution in [3.63, 3.8) is 0 Å². The summed E-state index contributed by atoms with van der Waals surface area (Å²) in [7, 11) is -4.88. The van der Waals surface area contributed by atoms with Gasteiger partial charge in [-0.3, -0.25) is 0 Å². The summed E-state index contributed by atoms with van der Waals surface area (Å²) in [5.74, 6) is 0.221. The standard InChI is InChI=1S/C7H10O6P2S2/c8-14(9,10)12-15(11,13-16)17-6-7-4-2-1-3-5-7/h1-5,16H,6H2,(H2,8,9,10). The van der Waals surface area contributed by atoms with Crippen LogP contribution >= 0.6 is 38.9 Å². The van der Waals surface area contributed by atoms with E-state index >= 15 is 0 Å². The van der Waals surface area contributed by atoms with Gasteiger partial charge in [-0.25, -0.2) is 13.1 Å². The van der Waals surface area contributed by atoms with Crippen molar-refractivity contribution in [3.8, 4) is 0 Å². The van der Waals surface area contributed by atoms with Crippen LogP contribution in [0.2, 0.25) is 0 Å². The number of hydrogen-bond acceptors (Lipinski definition) is 6. The SMILES string of the molecule is O=P(O)(O)OP(=O)(OS)SCc1ccccc1. The molecular weight excluding hydrogens is 306 g/mol. The van der Waals surface area contributed by atoms with Gasteiger partial charge in [0.25, 0.3) is 0 Å². The molecular formula is C7H10O6P2S2. The largest absolute Gasteiger partial charge is 0.477 e. The maximum atomic E-state index is 11.7. The number of phosphoric acid groups is 1. The zero-order valence-electron chi connectivity index (χ0n) is 8.37. The van der Waals surface area contributed by atoms with Gasteiger partial charge in [0.1, 0.15) is 0 Å². The third kappa shape index (κ3) is 6.08. The van der Waals surface area contributed by atoms with Crippen LogP contribution in [0.4, 0.5) is 0 Å². The van der Waals surface area contributed by atoms with Crippen LogP contribution in [0.15, 0.2) is 30.3 Å². The van der Waals surface area contributed by atoms with Gasteiger partial charge in [-0.1, -0.05) is 30.3 Å². The second-order valence-corrected chi connectivity index (χ2v) is 8.71. The highest BCUT2D eigenvalue weighted by Gasteiger charge is 2.34. The fourth-order valence-electron chi connectivity index (χ4n) is 0.920. The van der Waals surface area contributed by atoms with Crippen molar-refractivity contribution in [1.82, 2.24) is 0 Å². The van der Waals surface area contributed by atoms with Crippen LogP contribution in [-0.4, -0.2) is 9.79 Å². The minimum Gasteiger partial charge on any atom is -0.302 e. The van der Waals surface area contributed by atoms with Gasteiger partial charge in [-0.15, -0.1) is 0 Å². The molecule has 6 nitrogen and oxygen atoms in total. The summed E-state index contributed by atoms with van der Waals surface area (Å²) in [6.45, 7) is -3.97. The molecule has 2 N–H and O–H groups in total. The van der Waals surface area contributed by atoms with Crippen LogP contribution < -0.4 is 0 Å². The average molecular weight is 316 g/mol. The van der Waals surface area contributed by atoms with Crippen molar-refractivity contribution in [3.05, 3.63) is 35.9 Å². The lowest BCUT2D eigenvalue weighted by molar-refractivity contribution is 0.276. The van der Waals surface area contributed by atoms with Crippen molar-refractivity contribution in [2.24, 2.45) is 0 Å². The molecule has 0 amide bonds. The molecule has 0 radical (unpaired) electrons. The van der Waals surface area contributed by atoms with Gasteiger partial charge >= 0.3 is 14.6 Å². The molecule has 0 aliphatic rings. The maximum absolute atomic E-state index is 11.7. The molecule has 17 heavy (non-hydrogen) atoms. The number of thiol groups is 1. The van der Waals surface area contributed by atoms with Crippen molar-refractivity contribution in [2.45, 2.75) is 5.75 Å². The first-order valence-corrected chi connectivity index (χ1v) is 9.26. The van der Waals surface area contributed by atoms with E-state index in [1.165, 1.54) is 0 Å². The van der Waals surface area contributed by atoms with Gasteiger partial charge in [0.2, 0.25) is 0 Å². The number of benzene rings is 1. The lowest BCUT2D eigenvalue weighted by atomic mass is 10.2. The highest BCUT2D eigenvalue weighted by molar-refractivity contribution is 8.55. The molecule has 0 aromatic heterocycles. The quantitative estimate of drug-likeness (QED) is 0.422. The molecule has 1 unspecified atom stereocenters. The normalized spacial score (nSPS) is 15.5. The Kier molecular flexibility index (Phi) is 5.76. The molecule has 10 heteroatoms. The first kappa shape index (κ1) is 15.3. The van der Waals surface area contributed by atoms with E-state index in [1.807, 2.05) is 6.07 Å². The van der Waals surface area contributed by atoms with E-state index in [9.17, 15) is 9.13 Å². The van der Waals surface area contributed by atoms with E-state index < -0.39 is 14.6 Å². The molecule has 1 aromatic carbocycles. The molecule has 1 rings (SSSR count). The Morgan fingerprint density at radius 3 is 2.29 bits per heavy atom. The second kappa shape index (κ2) is 6.41. The lowest BCUT2D eigenvalue weighted by Gasteiger charge is -2.14. The minimum atomic E-state index is -4.88. The summed E-state index contributed by atoms with van der Waals surface area (Å²) < 4.78 is 30.6. The highest BCUT2D eigenvalue weighted by Crippen LogP contribution is 2.69. The van der Waals surface area contributed by atoms with E-state index in [0.717, 1.165) is 5.56 Å². The van der Waals surface area contributed by atoms with Gasteiger partial charge in [0.05, 0.1) is 0 Å². The molecule has 0 saturated heterocycles. The smallest absolute Gasteiger partial charge is 0.302 e. The summed E-state index contributed by atoms with van der Waals surface area (Å²) in [6, 6.07) is 8.92. The third-order valence-electron chi connectivity index (χ3n) is 1.54. The van der Waals surface area contributed by atoms with E-state index in [-0.39, 0.29) is 5.75 Å². The van der Waals surface area contributed by atoms with Gasteiger partial charge in [0, 0.05) is 5.75 Å². The molecule has 0 bridgehead atoms. The Morgan fingerprint density at radius 2 is 1.82 bits per heavy atom. The van der Waals surface area contributed by atoms with Crippen molar-refractivity contribution < 1.29 is 27.2 Å². The number of hydrogen-bond donors (Lipinski definition) is 3. The molecule has 0 spiro atoms. The first-order chi connectivity index (χ1) is 7.85. The summed E-state index contributed by atoms with van der Waals surface area (Å²) in [6.07, 6.45) is 0. The zero-order valence-corrected chi connectivity index (χ0v) is 11.9. The summed E-state index contributed by atoms with van der Waals surface area (Å²) in [5, 5.41) is 0. The highest BCUT2D eigenvalue weighted by atomic mass is 32.7. The molecule has 0 fully saturated rings. The van der Waals surface area contributed by atoms with Crippen molar-refractivity contribution in [2.75, 3.05) is 0 Å². The Balaban J connectivity index is 2.64. The predicted octanol–water partition coefficient (Wildman–Crippen LogP) is 3.00. The molecule has 1 atom stereocenters. The van der Waals surface area contributed by atoms with Crippen LogP contribution in [0.5, 0.6) is 0 Å². The fourth-order valence-corrected chi connectivity index (χ4v) is 5.78. The van der Waals surface area contributed by atoms with Gasteiger partial charge in [0.15, 0.2) is 0 Å². The monoisotopic (exact) mass is 316 g/mol. The molecule has 0 heterocycles. The molecule has 1 aromatic rings. The van der Waals surface area contributed by atoms with Crippen LogP contribution in [0.1, 0.15) is 5.56 Å². The van der Waals surface area contributed by atoms with E-state index in [2.05, 4.69) is 21.2 Å². The Bertz CT molecular complexity index is 447. The van der Waals surface area contributed by atoms with Gasteiger partial charge < -0.3 is 9.79 Å². The van der Waals surface area contributed by atoms with Gasteiger partial charge in [-0.05, 0) is 29.9 Å². The van der Waals surface area contributed by atoms with Crippen molar-refractivity contribution in [1.29, 1.82) is 0 Å². The lowest BCUT2D eigenvalue weighted by Crippen LogP contribution is -1.87. The van der Waals surface area contributed by atoms with Crippen LogP contribution in [-0.2, 0) is 23.2 Å². The fraction of sp³-hybridized carbons (Fsp3) is 0.143. The minimum absolute atomic E-state index is 0.221. The summed E-state index contributed by atoms with van der Waals surface area (Å²) in [5.41, 5.74) is 0.817. The molecule has 0 aliphatic heterocycles. The molecule has 0 aliphatic carbocycles. The second-order valence-electron chi connectivity index (χ2n) is 2.86. The predicted molar refractivity (Wildman–Crippen MR) is 68.5 cm³/mol. The third-order valence-corrected chi connectivity index (χ3v) is 7.30. The summed E-state index contributed by atoms with van der Waals surface area (Å²) >= 11 is 3.95. The van der Waals surface area contributed by atoms with E-state index in [1.54, 1.807) is 24.3 Å². The Morgan fingerprint density at radius 1 is 1.24 bits per heavy atom. The number of rotatable bonds is 6. The van der Waals surface area contributed by atoms with Crippen LogP contribution in [0.25, 0.3) is 0 Å².